The molecule has 1 fully saturated rings. The SMILES string of the molecule is O=C(O)c1cccn1CC(=O)N(Cc1cccs1)C1CC1. The maximum atomic E-state index is 12.5. The Bertz CT molecular complexity index is 644. The lowest BCUT2D eigenvalue weighted by molar-refractivity contribution is -0.133. The van der Waals surface area contributed by atoms with Gasteiger partial charge < -0.3 is 14.6 Å². The van der Waals surface area contributed by atoms with Gasteiger partial charge in [0.2, 0.25) is 5.91 Å². The van der Waals surface area contributed by atoms with Gasteiger partial charge in [0.15, 0.2) is 0 Å². The molecule has 1 aliphatic rings. The first-order valence-electron chi connectivity index (χ1n) is 6.85. The predicted octanol–water partition coefficient (Wildman–Crippen LogP) is 2.44. The molecule has 1 saturated carbocycles. The van der Waals surface area contributed by atoms with Crippen molar-refractivity contribution in [2.75, 3.05) is 0 Å². The molecule has 0 radical (unpaired) electrons. The molecule has 3 rings (SSSR count). The fourth-order valence-electron chi connectivity index (χ4n) is 2.36. The van der Waals surface area contributed by atoms with E-state index in [4.69, 9.17) is 5.11 Å². The van der Waals surface area contributed by atoms with Gasteiger partial charge in [-0.3, -0.25) is 4.79 Å². The summed E-state index contributed by atoms with van der Waals surface area (Å²) in [5.41, 5.74) is 0.148. The van der Waals surface area contributed by atoms with Gasteiger partial charge in [-0.15, -0.1) is 11.3 Å². The van der Waals surface area contributed by atoms with E-state index in [1.54, 1.807) is 23.6 Å². The summed E-state index contributed by atoms with van der Waals surface area (Å²) in [6.07, 6.45) is 3.71. The molecule has 1 aliphatic carbocycles. The lowest BCUT2D eigenvalue weighted by Crippen LogP contribution is -2.35. The number of amides is 1. The van der Waals surface area contributed by atoms with E-state index in [0.717, 1.165) is 17.7 Å². The first-order chi connectivity index (χ1) is 10.1. The lowest BCUT2D eigenvalue weighted by atomic mass is 10.3. The molecule has 0 aromatic carbocycles. The van der Waals surface area contributed by atoms with Crippen molar-refractivity contribution in [3.8, 4) is 0 Å². The van der Waals surface area contributed by atoms with Gasteiger partial charge in [0, 0.05) is 17.1 Å². The molecule has 1 amide bonds. The summed E-state index contributed by atoms with van der Waals surface area (Å²) in [6, 6.07) is 7.47. The first-order valence-corrected chi connectivity index (χ1v) is 7.73. The van der Waals surface area contributed by atoms with Crippen LogP contribution >= 0.6 is 11.3 Å². The fourth-order valence-corrected chi connectivity index (χ4v) is 3.06. The highest BCUT2D eigenvalue weighted by Gasteiger charge is 2.32. The maximum absolute atomic E-state index is 12.5. The van der Waals surface area contributed by atoms with E-state index in [0.29, 0.717) is 12.6 Å². The molecular weight excluding hydrogens is 288 g/mol. The minimum absolute atomic E-state index is 0.0235. The Balaban J connectivity index is 1.72. The molecule has 0 spiro atoms. The van der Waals surface area contributed by atoms with E-state index < -0.39 is 5.97 Å². The second kappa shape index (κ2) is 5.73. The average Bonchev–Trinajstić information content (AvgIpc) is 2.97. The summed E-state index contributed by atoms with van der Waals surface area (Å²) in [7, 11) is 0. The molecule has 1 N–H and O–H groups in total. The minimum atomic E-state index is -1.01. The Morgan fingerprint density at radius 2 is 2.14 bits per heavy atom. The number of carboxylic acid groups (broad SMARTS) is 1. The molecular formula is C15H16N2O3S. The molecule has 0 unspecified atom stereocenters. The van der Waals surface area contributed by atoms with Crippen molar-refractivity contribution in [2.45, 2.75) is 32.0 Å². The summed E-state index contributed by atoms with van der Waals surface area (Å²) in [4.78, 5) is 26.6. The second-order valence-electron chi connectivity index (χ2n) is 5.16. The third-order valence-corrected chi connectivity index (χ3v) is 4.43. The molecule has 5 nitrogen and oxygen atoms in total. The largest absolute Gasteiger partial charge is 0.477 e. The molecule has 0 bridgehead atoms. The molecule has 21 heavy (non-hydrogen) atoms. The van der Waals surface area contributed by atoms with Gasteiger partial charge in [0.05, 0.1) is 6.54 Å². The van der Waals surface area contributed by atoms with E-state index in [1.807, 2.05) is 22.4 Å². The number of nitrogens with zero attached hydrogens (tertiary/aromatic N) is 2. The highest BCUT2D eigenvalue weighted by atomic mass is 32.1. The maximum Gasteiger partial charge on any atom is 0.352 e. The van der Waals surface area contributed by atoms with Crippen LogP contribution in [0.4, 0.5) is 0 Å². The molecule has 6 heteroatoms. The Morgan fingerprint density at radius 1 is 1.33 bits per heavy atom. The Labute approximate surface area is 126 Å². The van der Waals surface area contributed by atoms with Crippen LogP contribution in [0.25, 0.3) is 0 Å². The van der Waals surface area contributed by atoms with Gasteiger partial charge in [0.1, 0.15) is 12.2 Å². The number of hydrogen-bond acceptors (Lipinski definition) is 3. The summed E-state index contributed by atoms with van der Waals surface area (Å²) in [5, 5.41) is 11.1. The van der Waals surface area contributed by atoms with Gasteiger partial charge in [-0.05, 0) is 36.4 Å². The number of hydrogen-bond donors (Lipinski definition) is 1. The van der Waals surface area contributed by atoms with Gasteiger partial charge >= 0.3 is 5.97 Å². The normalized spacial score (nSPS) is 14.1. The van der Waals surface area contributed by atoms with E-state index in [9.17, 15) is 9.59 Å². The van der Waals surface area contributed by atoms with Gasteiger partial charge in [-0.25, -0.2) is 4.79 Å². The fraction of sp³-hybridized carbons (Fsp3) is 0.333. The Hall–Kier alpha value is -2.08. The second-order valence-corrected chi connectivity index (χ2v) is 6.19. The van der Waals surface area contributed by atoms with Gasteiger partial charge in [-0.1, -0.05) is 6.07 Å². The summed E-state index contributed by atoms with van der Waals surface area (Å²) in [6.45, 7) is 0.696. The van der Waals surface area contributed by atoms with E-state index in [2.05, 4.69) is 0 Å². The third-order valence-electron chi connectivity index (χ3n) is 3.57. The first kappa shape index (κ1) is 13.9. The lowest BCUT2D eigenvalue weighted by Gasteiger charge is -2.22. The van der Waals surface area contributed by atoms with Crippen molar-refractivity contribution in [1.29, 1.82) is 0 Å². The Kier molecular flexibility index (Phi) is 3.79. The van der Waals surface area contributed by atoms with Crippen LogP contribution in [0.5, 0.6) is 0 Å². The molecule has 2 heterocycles. The molecule has 0 atom stereocenters. The Morgan fingerprint density at radius 3 is 2.76 bits per heavy atom. The van der Waals surface area contributed by atoms with Gasteiger partial charge in [-0.2, -0.15) is 0 Å². The van der Waals surface area contributed by atoms with Crippen LogP contribution in [0.2, 0.25) is 0 Å². The number of aromatic carboxylic acids is 1. The van der Waals surface area contributed by atoms with Crippen LogP contribution < -0.4 is 0 Å². The summed E-state index contributed by atoms with van der Waals surface area (Å²) in [5.74, 6) is -1.03. The van der Waals surface area contributed by atoms with Crippen LogP contribution in [0.3, 0.4) is 0 Å². The molecule has 0 saturated heterocycles. The molecule has 110 valence electrons. The average molecular weight is 304 g/mol. The van der Waals surface area contributed by atoms with E-state index in [1.165, 1.54) is 10.6 Å². The van der Waals surface area contributed by atoms with Crippen LogP contribution in [-0.2, 0) is 17.9 Å². The zero-order chi connectivity index (χ0) is 14.8. The topological polar surface area (TPSA) is 62.5 Å². The highest BCUT2D eigenvalue weighted by Crippen LogP contribution is 2.29. The smallest absolute Gasteiger partial charge is 0.352 e. The highest BCUT2D eigenvalue weighted by molar-refractivity contribution is 7.09. The van der Waals surface area contributed by atoms with Crippen molar-refractivity contribution in [2.24, 2.45) is 0 Å². The number of aromatic nitrogens is 1. The van der Waals surface area contributed by atoms with Crippen molar-refractivity contribution >= 4 is 23.2 Å². The molecule has 2 aromatic rings. The van der Waals surface area contributed by atoms with Crippen LogP contribution in [0.15, 0.2) is 35.8 Å². The summed E-state index contributed by atoms with van der Waals surface area (Å²) >= 11 is 1.64. The summed E-state index contributed by atoms with van der Waals surface area (Å²) < 4.78 is 1.49. The van der Waals surface area contributed by atoms with E-state index >= 15 is 0 Å². The standard InChI is InChI=1S/C15H16N2O3S/c18-14(10-16-7-1-4-13(16)15(19)20)17(11-5-6-11)9-12-3-2-8-21-12/h1-4,7-8,11H,5-6,9-10H2,(H,19,20). The molecule has 2 aromatic heterocycles. The van der Waals surface area contributed by atoms with Crippen LogP contribution in [0.1, 0.15) is 28.2 Å². The monoisotopic (exact) mass is 304 g/mol. The minimum Gasteiger partial charge on any atom is -0.477 e. The van der Waals surface area contributed by atoms with Crippen LogP contribution in [0, 0.1) is 0 Å². The number of carbonyl (C=O) groups excluding carboxylic acids is 1. The zero-order valence-electron chi connectivity index (χ0n) is 11.4. The molecule has 0 aliphatic heterocycles. The third kappa shape index (κ3) is 3.16. The van der Waals surface area contributed by atoms with Crippen molar-refractivity contribution in [3.63, 3.8) is 0 Å². The van der Waals surface area contributed by atoms with Gasteiger partial charge in [0.25, 0.3) is 0 Å². The van der Waals surface area contributed by atoms with Crippen molar-refractivity contribution in [1.82, 2.24) is 9.47 Å². The van der Waals surface area contributed by atoms with E-state index in [-0.39, 0.29) is 18.1 Å². The zero-order valence-corrected chi connectivity index (χ0v) is 12.3. The van der Waals surface area contributed by atoms with Crippen molar-refractivity contribution < 1.29 is 14.7 Å². The number of carboxylic acids is 1. The number of thiophene rings is 1. The number of carbonyl (C=O) groups is 2. The van der Waals surface area contributed by atoms with Crippen molar-refractivity contribution in [3.05, 3.63) is 46.4 Å². The predicted molar refractivity (Wildman–Crippen MR) is 79.3 cm³/mol. The number of rotatable bonds is 6. The quantitative estimate of drug-likeness (QED) is 0.891. The van der Waals surface area contributed by atoms with Crippen LogP contribution in [-0.4, -0.2) is 32.5 Å².